The lowest BCUT2D eigenvalue weighted by Gasteiger charge is -2.27. The average Bonchev–Trinajstić information content (AvgIpc) is 3.07. The van der Waals surface area contributed by atoms with Crippen molar-refractivity contribution in [3.05, 3.63) is 0 Å². The van der Waals surface area contributed by atoms with Crippen LogP contribution < -0.4 is 5.32 Å². The highest BCUT2D eigenvalue weighted by Gasteiger charge is 2.40. The van der Waals surface area contributed by atoms with Crippen LogP contribution in [0.1, 0.15) is 19.3 Å². The van der Waals surface area contributed by atoms with Gasteiger partial charge in [0, 0.05) is 38.6 Å². The quantitative estimate of drug-likeness (QED) is 0.542. The zero-order chi connectivity index (χ0) is 11.3. The first-order valence-electron chi connectivity index (χ1n) is 6.41. The summed E-state index contributed by atoms with van der Waals surface area (Å²) < 4.78 is 5.33. The summed E-state index contributed by atoms with van der Waals surface area (Å²) in [5.41, 5.74) is 0.562. The van der Waals surface area contributed by atoms with E-state index in [4.69, 9.17) is 16.3 Å². The van der Waals surface area contributed by atoms with Crippen LogP contribution in [0.3, 0.4) is 0 Å². The van der Waals surface area contributed by atoms with Crippen LogP contribution in [0.2, 0.25) is 0 Å². The predicted molar refractivity (Wildman–Crippen MR) is 67.1 cm³/mol. The number of nitrogens with one attached hydrogen (secondary N) is 1. The van der Waals surface area contributed by atoms with Crippen LogP contribution in [-0.2, 0) is 4.74 Å². The first kappa shape index (κ1) is 12.6. The van der Waals surface area contributed by atoms with Gasteiger partial charge in [-0.1, -0.05) is 0 Å². The third-order valence-electron chi connectivity index (χ3n) is 3.79. The van der Waals surface area contributed by atoms with Crippen LogP contribution in [-0.4, -0.2) is 56.7 Å². The van der Waals surface area contributed by atoms with E-state index in [1.54, 1.807) is 0 Å². The Balaban J connectivity index is 1.51. The Hall–Kier alpha value is 0.170. The van der Waals surface area contributed by atoms with Crippen LogP contribution in [0.5, 0.6) is 0 Å². The minimum atomic E-state index is 0.562. The molecule has 1 saturated heterocycles. The van der Waals surface area contributed by atoms with E-state index in [1.807, 2.05) is 0 Å². The molecule has 1 N–H and O–H groups in total. The van der Waals surface area contributed by atoms with E-state index < -0.39 is 0 Å². The van der Waals surface area contributed by atoms with Crippen LogP contribution in [0, 0.1) is 5.41 Å². The second-order valence-electron chi connectivity index (χ2n) is 5.07. The van der Waals surface area contributed by atoms with Gasteiger partial charge in [0.2, 0.25) is 0 Å². The van der Waals surface area contributed by atoms with Crippen molar-refractivity contribution in [1.82, 2.24) is 10.2 Å². The Kier molecular flexibility index (Phi) is 4.89. The summed E-state index contributed by atoms with van der Waals surface area (Å²) in [4.78, 5) is 2.47. The van der Waals surface area contributed by atoms with Crippen LogP contribution in [0.4, 0.5) is 0 Å². The molecule has 0 atom stereocenters. The largest absolute Gasteiger partial charge is 0.379 e. The van der Waals surface area contributed by atoms with Crippen molar-refractivity contribution in [3.63, 3.8) is 0 Å². The van der Waals surface area contributed by atoms with Crippen molar-refractivity contribution < 1.29 is 4.74 Å². The van der Waals surface area contributed by atoms with Gasteiger partial charge in [-0.2, -0.15) is 0 Å². The molecule has 2 rings (SSSR count). The third-order valence-corrected chi connectivity index (χ3v) is 3.98. The number of nitrogens with zero attached hydrogens (tertiary/aromatic N) is 1. The highest BCUT2D eigenvalue weighted by atomic mass is 35.5. The number of hydrogen-bond donors (Lipinski definition) is 1. The normalized spacial score (nSPS) is 24.6. The van der Waals surface area contributed by atoms with Crippen molar-refractivity contribution in [2.45, 2.75) is 19.3 Å². The summed E-state index contributed by atoms with van der Waals surface area (Å²) in [5, 5.41) is 3.58. The number of halogens is 1. The number of ether oxygens (including phenoxy) is 1. The molecule has 94 valence electrons. The fraction of sp³-hybridized carbons (Fsp3) is 1.00. The summed E-state index contributed by atoms with van der Waals surface area (Å²) in [6.45, 7) is 7.39. The smallest absolute Gasteiger partial charge is 0.0594 e. The highest BCUT2D eigenvalue weighted by molar-refractivity contribution is 6.17. The summed E-state index contributed by atoms with van der Waals surface area (Å²) >= 11 is 5.81. The molecule has 0 aromatic carbocycles. The molecule has 0 amide bonds. The fourth-order valence-corrected chi connectivity index (χ4v) is 2.71. The van der Waals surface area contributed by atoms with Crippen molar-refractivity contribution in [2.24, 2.45) is 5.41 Å². The van der Waals surface area contributed by atoms with E-state index in [9.17, 15) is 0 Å². The van der Waals surface area contributed by atoms with Gasteiger partial charge in [0.05, 0.1) is 13.2 Å². The van der Waals surface area contributed by atoms with E-state index in [1.165, 1.54) is 19.3 Å². The second-order valence-corrected chi connectivity index (χ2v) is 5.45. The lowest BCUT2D eigenvalue weighted by Crippen LogP contribution is -2.41. The molecule has 16 heavy (non-hydrogen) atoms. The third kappa shape index (κ3) is 3.88. The second kappa shape index (κ2) is 6.20. The Morgan fingerprint density at radius 3 is 2.62 bits per heavy atom. The van der Waals surface area contributed by atoms with Gasteiger partial charge in [0.25, 0.3) is 0 Å². The van der Waals surface area contributed by atoms with E-state index in [-0.39, 0.29) is 0 Å². The van der Waals surface area contributed by atoms with Crippen LogP contribution in [0.25, 0.3) is 0 Å². The van der Waals surface area contributed by atoms with Crippen LogP contribution >= 0.6 is 11.6 Å². The summed E-state index contributed by atoms with van der Waals surface area (Å²) in [6.07, 6.45) is 3.91. The zero-order valence-electron chi connectivity index (χ0n) is 10.0. The predicted octanol–water partition coefficient (Wildman–Crippen LogP) is 1.32. The SMILES string of the molecule is ClCCC1(CNCCN2CCOCC2)CC1. The van der Waals surface area contributed by atoms with E-state index >= 15 is 0 Å². The molecule has 1 heterocycles. The standard InChI is InChI=1S/C12H23ClN2O/c13-4-3-12(1-2-12)11-14-5-6-15-7-9-16-10-8-15/h14H,1-11H2. The van der Waals surface area contributed by atoms with Gasteiger partial charge in [-0.15, -0.1) is 11.6 Å². The maximum atomic E-state index is 5.81. The molecule has 4 heteroatoms. The molecule has 2 fully saturated rings. The molecule has 0 unspecified atom stereocenters. The molecule has 0 aromatic rings. The summed E-state index contributed by atoms with van der Waals surface area (Å²) in [7, 11) is 0. The summed E-state index contributed by atoms with van der Waals surface area (Å²) in [5.74, 6) is 0.811. The molecule has 0 bridgehead atoms. The highest BCUT2D eigenvalue weighted by Crippen LogP contribution is 2.48. The first-order chi connectivity index (χ1) is 7.85. The number of rotatable bonds is 7. The van der Waals surface area contributed by atoms with Gasteiger partial charge >= 0.3 is 0 Å². The first-order valence-corrected chi connectivity index (χ1v) is 6.95. The Labute approximate surface area is 103 Å². The summed E-state index contributed by atoms with van der Waals surface area (Å²) in [6, 6.07) is 0. The van der Waals surface area contributed by atoms with Gasteiger partial charge in [-0.25, -0.2) is 0 Å². The molecule has 2 aliphatic rings. The Morgan fingerprint density at radius 2 is 2.00 bits per heavy atom. The molecular formula is C12H23ClN2O. The number of morpholine rings is 1. The minimum Gasteiger partial charge on any atom is -0.379 e. The molecule has 1 aliphatic heterocycles. The average molecular weight is 247 g/mol. The fourth-order valence-electron chi connectivity index (χ4n) is 2.31. The van der Waals surface area contributed by atoms with Gasteiger partial charge in [0.1, 0.15) is 0 Å². The van der Waals surface area contributed by atoms with E-state index in [0.29, 0.717) is 5.41 Å². The topological polar surface area (TPSA) is 24.5 Å². The maximum Gasteiger partial charge on any atom is 0.0594 e. The van der Waals surface area contributed by atoms with Crippen molar-refractivity contribution in [1.29, 1.82) is 0 Å². The lowest BCUT2D eigenvalue weighted by atomic mass is 10.0. The maximum absolute atomic E-state index is 5.81. The molecule has 1 aliphatic carbocycles. The molecule has 0 spiro atoms. The Bertz CT molecular complexity index is 203. The van der Waals surface area contributed by atoms with Crippen molar-refractivity contribution >= 4 is 11.6 Å². The minimum absolute atomic E-state index is 0.562. The van der Waals surface area contributed by atoms with Gasteiger partial charge in [0.15, 0.2) is 0 Å². The van der Waals surface area contributed by atoms with Gasteiger partial charge in [-0.3, -0.25) is 4.90 Å². The van der Waals surface area contributed by atoms with E-state index in [2.05, 4.69) is 10.2 Å². The molecular weight excluding hydrogens is 224 g/mol. The molecule has 0 aromatic heterocycles. The van der Waals surface area contributed by atoms with Crippen molar-refractivity contribution in [2.75, 3.05) is 51.8 Å². The lowest BCUT2D eigenvalue weighted by molar-refractivity contribution is 0.0383. The molecule has 3 nitrogen and oxygen atoms in total. The number of hydrogen-bond acceptors (Lipinski definition) is 3. The van der Waals surface area contributed by atoms with Gasteiger partial charge < -0.3 is 10.1 Å². The van der Waals surface area contributed by atoms with Gasteiger partial charge in [-0.05, 0) is 24.7 Å². The van der Waals surface area contributed by atoms with Crippen molar-refractivity contribution in [3.8, 4) is 0 Å². The monoisotopic (exact) mass is 246 g/mol. The molecule has 1 saturated carbocycles. The van der Waals surface area contributed by atoms with Crippen LogP contribution in [0.15, 0.2) is 0 Å². The van der Waals surface area contributed by atoms with E-state index in [0.717, 1.165) is 51.8 Å². The number of alkyl halides is 1. The Morgan fingerprint density at radius 1 is 1.25 bits per heavy atom. The molecule has 0 radical (unpaired) electrons. The zero-order valence-corrected chi connectivity index (χ0v) is 10.8.